The van der Waals surface area contributed by atoms with Crippen LogP contribution in [0.3, 0.4) is 0 Å². The molecule has 1 aromatic carbocycles. The van der Waals surface area contributed by atoms with Crippen LogP contribution in [0.4, 0.5) is 5.69 Å². The molecule has 2 heteroatoms. The lowest BCUT2D eigenvalue weighted by atomic mass is 9.63. The van der Waals surface area contributed by atoms with E-state index in [1.807, 2.05) is 0 Å². The van der Waals surface area contributed by atoms with Gasteiger partial charge in [-0.25, -0.2) is 0 Å². The topological polar surface area (TPSA) is 29.3 Å². The highest BCUT2D eigenvalue weighted by Gasteiger charge is 2.47. The van der Waals surface area contributed by atoms with Crippen molar-refractivity contribution in [1.82, 2.24) is 0 Å². The maximum absolute atomic E-state index is 6.11. The highest BCUT2D eigenvalue weighted by Crippen LogP contribution is 2.46. The second-order valence-electron chi connectivity index (χ2n) is 6.69. The largest absolute Gasteiger partial charge is 0.367 e. The average Bonchev–Trinajstić information content (AvgIpc) is 2.27. The molecule has 0 amide bonds. The molecule has 1 aliphatic carbocycles. The summed E-state index contributed by atoms with van der Waals surface area (Å²) < 4.78 is 0. The normalized spacial score (nSPS) is 26.4. The molecule has 0 radical (unpaired) electrons. The number of nitrogens with two attached hydrogens (primary N) is 1. The van der Waals surface area contributed by atoms with Gasteiger partial charge in [0.05, 0.1) is 5.54 Å². The monoisotopic (exact) mass is 260 g/mol. The summed E-state index contributed by atoms with van der Waals surface area (Å²) >= 11 is 0. The quantitative estimate of drug-likeness (QED) is 0.897. The Labute approximate surface area is 118 Å². The summed E-state index contributed by atoms with van der Waals surface area (Å²) in [5.41, 5.74) is 10.3. The lowest BCUT2D eigenvalue weighted by molar-refractivity contribution is 0.107. The first kappa shape index (κ1) is 14.4. The first-order chi connectivity index (χ1) is 8.89. The number of aryl methyl sites for hydroxylation is 2. The fraction of sp³-hybridized carbons (Fsp3) is 0.647. The smallest absolute Gasteiger partial charge is 0.0526 e. The Kier molecular flexibility index (Phi) is 3.91. The van der Waals surface area contributed by atoms with E-state index in [-0.39, 0.29) is 5.54 Å². The first-order valence-corrected chi connectivity index (χ1v) is 7.41. The van der Waals surface area contributed by atoms with Gasteiger partial charge in [0, 0.05) is 19.3 Å². The fourth-order valence-corrected chi connectivity index (χ4v) is 3.40. The number of rotatable bonds is 4. The van der Waals surface area contributed by atoms with Gasteiger partial charge in [-0.2, -0.15) is 0 Å². The lowest BCUT2D eigenvalue weighted by Crippen LogP contribution is -2.61. The number of anilines is 1. The molecule has 19 heavy (non-hydrogen) atoms. The van der Waals surface area contributed by atoms with E-state index in [0.29, 0.717) is 0 Å². The maximum atomic E-state index is 6.11. The van der Waals surface area contributed by atoms with Gasteiger partial charge in [-0.05, 0) is 50.2 Å². The van der Waals surface area contributed by atoms with E-state index < -0.39 is 0 Å². The van der Waals surface area contributed by atoms with Gasteiger partial charge in [0.1, 0.15) is 0 Å². The molecule has 0 spiro atoms. The van der Waals surface area contributed by atoms with Gasteiger partial charge >= 0.3 is 0 Å². The first-order valence-electron chi connectivity index (χ1n) is 7.41. The molecule has 1 fully saturated rings. The van der Waals surface area contributed by atoms with E-state index in [4.69, 9.17) is 5.73 Å². The lowest BCUT2D eigenvalue weighted by Gasteiger charge is -2.55. The molecule has 106 valence electrons. The molecule has 0 aromatic heterocycles. The summed E-state index contributed by atoms with van der Waals surface area (Å²) in [5, 5.41) is 0. The molecule has 2 nitrogen and oxygen atoms in total. The van der Waals surface area contributed by atoms with Gasteiger partial charge < -0.3 is 10.6 Å². The minimum atomic E-state index is 0.176. The summed E-state index contributed by atoms with van der Waals surface area (Å²) in [7, 11) is 2.21. The van der Waals surface area contributed by atoms with Crippen molar-refractivity contribution in [2.75, 3.05) is 18.5 Å². The molecule has 0 bridgehead atoms. The van der Waals surface area contributed by atoms with Crippen LogP contribution >= 0.6 is 0 Å². The standard InChI is InChI=1S/C17H28N2/c1-12(2)15-9-17(10-15,11-18)19(5)16-7-6-13(3)8-14(16)4/h6-8,12,15H,9-11,18H2,1-5H3. The number of hydrogen-bond acceptors (Lipinski definition) is 2. The number of hydrogen-bond donors (Lipinski definition) is 1. The van der Waals surface area contributed by atoms with E-state index in [1.54, 1.807) is 0 Å². The molecule has 2 rings (SSSR count). The van der Waals surface area contributed by atoms with Crippen LogP contribution in [0, 0.1) is 25.7 Å². The van der Waals surface area contributed by atoms with Gasteiger partial charge in [-0.1, -0.05) is 31.5 Å². The zero-order valence-corrected chi connectivity index (χ0v) is 13.0. The van der Waals surface area contributed by atoms with Crippen molar-refractivity contribution in [2.24, 2.45) is 17.6 Å². The van der Waals surface area contributed by atoms with Crippen LogP contribution in [0.5, 0.6) is 0 Å². The van der Waals surface area contributed by atoms with E-state index in [0.717, 1.165) is 18.4 Å². The highest BCUT2D eigenvalue weighted by atomic mass is 15.2. The van der Waals surface area contributed by atoms with Gasteiger partial charge in [0.2, 0.25) is 0 Å². The zero-order chi connectivity index (χ0) is 14.2. The fourth-order valence-electron chi connectivity index (χ4n) is 3.40. The van der Waals surface area contributed by atoms with E-state index in [9.17, 15) is 0 Å². The van der Waals surface area contributed by atoms with Crippen LogP contribution < -0.4 is 10.6 Å². The molecule has 0 unspecified atom stereocenters. The van der Waals surface area contributed by atoms with Crippen molar-refractivity contribution < 1.29 is 0 Å². The third-order valence-corrected chi connectivity index (χ3v) is 5.03. The Hall–Kier alpha value is -1.02. The highest BCUT2D eigenvalue weighted by molar-refractivity contribution is 5.56. The number of likely N-dealkylation sites (N-methyl/N-ethyl adjacent to an activating group) is 1. The van der Waals surface area contributed by atoms with Gasteiger partial charge in [-0.15, -0.1) is 0 Å². The minimum Gasteiger partial charge on any atom is -0.367 e. The average molecular weight is 260 g/mol. The van der Waals surface area contributed by atoms with Crippen LogP contribution in [0.1, 0.15) is 37.8 Å². The molecular weight excluding hydrogens is 232 g/mol. The second-order valence-corrected chi connectivity index (χ2v) is 6.69. The molecule has 1 saturated carbocycles. The molecule has 0 heterocycles. The van der Waals surface area contributed by atoms with Crippen molar-refractivity contribution in [3.8, 4) is 0 Å². The Morgan fingerprint density at radius 1 is 1.32 bits per heavy atom. The molecule has 0 atom stereocenters. The summed E-state index contributed by atoms with van der Waals surface area (Å²) in [6.07, 6.45) is 2.45. The third kappa shape index (κ3) is 2.51. The van der Waals surface area contributed by atoms with Crippen LogP contribution in [0.15, 0.2) is 18.2 Å². The van der Waals surface area contributed by atoms with Crippen molar-refractivity contribution in [3.63, 3.8) is 0 Å². The van der Waals surface area contributed by atoms with Gasteiger partial charge in [0.15, 0.2) is 0 Å². The SMILES string of the molecule is Cc1ccc(N(C)C2(CN)CC(C(C)C)C2)c(C)c1. The maximum Gasteiger partial charge on any atom is 0.0526 e. The third-order valence-electron chi connectivity index (χ3n) is 5.03. The Morgan fingerprint density at radius 2 is 1.95 bits per heavy atom. The summed E-state index contributed by atoms with van der Waals surface area (Å²) in [5.74, 6) is 1.60. The van der Waals surface area contributed by atoms with E-state index in [1.165, 1.54) is 29.7 Å². The molecule has 1 aromatic rings. The van der Waals surface area contributed by atoms with Crippen molar-refractivity contribution in [2.45, 2.75) is 46.1 Å². The predicted molar refractivity (Wildman–Crippen MR) is 83.7 cm³/mol. The summed E-state index contributed by atoms with van der Waals surface area (Å²) in [6.45, 7) is 9.74. The van der Waals surface area contributed by atoms with Gasteiger partial charge in [0.25, 0.3) is 0 Å². The molecule has 0 saturated heterocycles. The van der Waals surface area contributed by atoms with Crippen LogP contribution in [-0.4, -0.2) is 19.1 Å². The molecule has 0 aliphatic heterocycles. The van der Waals surface area contributed by atoms with Crippen molar-refractivity contribution in [1.29, 1.82) is 0 Å². The molecule has 1 aliphatic rings. The van der Waals surface area contributed by atoms with E-state index >= 15 is 0 Å². The predicted octanol–water partition coefficient (Wildman–Crippen LogP) is 3.50. The number of nitrogens with zero attached hydrogens (tertiary/aromatic N) is 1. The van der Waals surface area contributed by atoms with Crippen LogP contribution in [-0.2, 0) is 0 Å². The second kappa shape index (κ2) is 5.16. The summed E-state index contributed by atoms with van der Waals surface area (Å²) in [4.78, 5) is 2.43. The van der Waals surface area contributed by atoms with Crippen molar-refractivity contribution >= 4 is 5.69 Å². The summed E-state index contributed by atoms with van der Waals surface area (Å²) in [6, 6.07) is 6.70. The molecular formula is C17H28N2. The number of benzene rings is 1. The minimum absolute atomic E-state index is 0.176. The van der Waals surface area contributed by atoms with E-state index in [2.05, 4.69) is 57.8 Å². The van der Waals surface area contributed by atoms with Crippen molar-refractivity contribution in [3.05, 3.63) is 29.3 Å². The Morgan fingerprint density at radius 3 is 2.42 bits per heavy atom. The van der Waals surface area contributed by atoms with Crippen LogP contribution in [0.25, 0.3) is 0 Å². The Balaban J connectivity index is 2.20. The zero-order valence-electron chi connectivity index (χ0n) is 13.0. The Bertz CT molecular complexity index is 445. The molecule has 2 N–H and O–H groups in total. The van der Waals surface area contributed by atoms with Gasteiger partial charge in [-0.3, -0.25) is 0 Å². The van der Waals surface area contributed by atoms with Crippen LogP contribution in [0.2, 0.25) is 0 Å².